The standard InChI is InChI=1S/C14H15NS2/c1-10(13-7-4-8-16-13)15-12-9-17-14-6-3-2-5-11(12)14/h2-8,10,12,15H,9H2,1H3/t10-,12?/m1/s1. The summed E-state index contributed by atoms with van der Waals surface area (Å²) in [5, 5.41) is 5.87. The first-order valence-electron chi connectivity index (χ1n) is 5.86. The average Bonchev–Trinajstić information content (AvgIpc) is 2.98. The van der Waals surface area contributed by atoms with Crippen LogP contribution in [0.5, 0.6) is 0 Å². The van der Waals surface area contributed by atoms with Gasteiger partial charge in [0, 0.05) is 27.6 Å². The van der Waals surface area contributed by atoms with Crippen molar-refractivity contribution in [3.63, 3.8) is 0 Å². The Morgan fingerprint density at radius 3 is 2.94 bits per heavy atom. The molecule has 0 radical (unpaired) electrons. The lowest BCUT2D eigenvalue weighted by Crippen LogP contribution is -2.23. The van der Waals surface area contributed by atoms with Crippen LogP contribution in [0.3, 0.4) is 0 Å². The van der Waals surface area contributed by atoms with Crippen LogP contribution in [0.2, 0.25) is 0 Å². The van der Waals surface area contributed by atoms with Gasteiger partial charge in [-0.05, 0) is 30.0 Å². The lowest BCUT2D eigenvalue weighted by atomic mass is 10.1. The summed E-state index contributed by atoms with van der Waals surface area (Å²) in [5.41, 5.74) is 1.46. The van der Waals surface area contributed by atoms with E-state index in [4.69, 9.17) is 0 Å². The fourth-order valence-electron chi connectivity index (χ4n) is 2.22. The first-order valence-corrected chi connectivity index (χ1v) is 7.72. The molecule has 1 aromatic carbocycles. The molecule has 3 heteroatoms. The Labute approximate surface area is 110 Å². The van der Waals surface area contributed by atoms with Gasteiger partial charge in [-0.15, -0.1) is 23.1 Å². The van der Waals surface area contributed by atoms with Gasteiger partial charge in [-0.3, -0.25) is 0 Å². The lowest BCUT2D eigenvalue weighted by molar-refractivity contribution is 0.507. The van der Waals surface area contributed by atoms with Crippen molar-refractivity contribution in [3.8, 4) is 0 Å². The van der Waals surface area contributed by atoms with Crippen molar-refractivity contribution in [1.29, 1.82) is 0 Å². The Bertz CT molecular complexity index is 493. The maximum absolute atomic E-state index is 3.73. The lowest BCUT2D eigenvalue weighted by Gasteiger charge is -2.18. The molecule has 0 amide bonds. The second-order valence-electron chi connectivity index (χ2n) is 4.31. The van der Waals surface area contributed by atoms with Crippen LogP contribution in [0, 0.1) is 0 Å². The zero-order valence-corrected chi connectivity index (χ0v) is 11.4. The molecule has 0 fully saturated rings. The maximum atomic E-state index is 3.73. The minimum absolute atomic E-state index is 0.437. The first-order chi connectivity index (χ1) is 8.34. The first kappa shape index (κ1) is 11.3. The van der Waals surface area contributed by atoms with Crippen LogP contribution in [0.1, 0.15) is 29.4 Å². The second kappa shape index (κ2) is 4.84. The molecule has 0 saturated carbocycles. The molecule has 0 aliphatic carbocycles. The molecule has 1 unspecified atom stereocenters. The topological polar surface area (TPSA) is 12.0 Å². The second-order valence-corrected chi connectivity index (χ2v) is 6.35. The summed E-state index contributed by atoms with van der Waals surface area (Å²) in [4.78, 5) is 2.85. The molecule has 2 aromatic rings. The van der Waals surface area contributed by atoms with Gasteiger partial charge >= 0.3 is 0 Å². The van der Waals surface area contributed by atoms with E-state index in [-0.39, 0.29) is 0 Å². The van der Waals surface area contributed by atoms with Crippen molar-refractivity contribution in [1.82, 2.24) is 5.32 Å². The Kier molecular flexibility index (Phi) is 3.23. The zero-order chi connectivity index (χ0) is 11.7. The van der Waals surface area contributed by atoms with Gasteiger partial charge in [0.25, 0.3) is 0 Å². The van der Waals surface area contributed by atoms with Crippen LogP contribution in [0.15, 0.2) is 46.7 Å². The number of nitrogens with one attached hydrogen (secondary N) is 1. The zero-order valence-electron chi connectivity index (χ0n) is 9.72. The molecule has 1 N–H and O–H groups in total. The smallest absolute Gasteiger partial charge is 0.0431 e. The SMILES string of the molecule is C[C@@H](NC1CSc2ccccc21)c1cccs1. The van der Waals surface area contributed by atoms with Gasteiger partial charge < -0.3 is 5.32 Å². The normalized spacial score (nSPS) is 20.2. The van der Waals surface area contributed by atoms with Crippen molar-refractivity contribution in [2.75, 3.05) is 5.75 Å². The van der Waals surface area contributed by atoms with E-state index < -0.39 is 0 Å². The highest BCUT2D eigenvalue weighted by atomic mass is 32.2. The third-order valence-corrected chi connectivity index (χ3v) is 5.36. The minimum Gasteiger partial charge on any atom is -0.302 e. The molecule has 3 rings (SSSR count). The van der Waals surface area contributed by atoms with Gasteiger partial charge in [-0.2, -0.15) is 0 Å². The molecule has 1 aliphatic rings. The maximum Gasteiger partial charge on any atom is 0.0431 e. The van der Waals surface area contributed by atoms with Gasteiger partial charge in [0.05, 0.1) is 0 Å². The summed E-state index contributed by atoms with van der Waals surface area (Å²) < 4.78 is 0. The van der Waals surface area contributed by atoms with E-state index in [9.17, 15) is 0 Å². The quantitative estimate of drug-likeness (QED) is 0.886. The van der Waals surface area contributed by atoms with Crippen molar-refractivity contribution in [2.24, 2.45) is 0 Å². The van der Waals surface area contributed by atoms with E-state index in [0.29, 0.717) is 12.1 Å². The Morgan fingerprint density at radius 2 is 2.12 bits per heavy atom. The van der Waals surface area contributed by atoms with Crippen LogP contribution in [0.4, 0.5) is 0 Å². The molecular weight excluding hydrogens is 246 g/mol. The minimum atomic E-state index is 0.437. The summed E-state index contributed by atoms with van der Waals surface area (Å²) in [6.45, 7) is 2.25. The number of thioether (sulfide) groups is 1. The van der Waals surface area contributed by atoms with Crippen molar-refractivity contribution in [2.45, 2.75) is 23.9 Å². The third kappa shape index (κ3) is 2.28. The van der Waals surface area contributed by atoms with Crippen LogP contribution in [-0.4, -0.2) is 5.75 Å². The molecular formula is C14H15NS2. The van der Waals surface area contributed by atoms with Gasteiger partial charge in [0.15, 0.2) is 0 Å². The predicted octanol–water partition coefficient (Wildman–Crippen LogP) is 4.25. The molecule has 2 heterocycles. The van der Waals surface area contributed by atoms with Crippen molar-refractivity contribution in [3.05, 3.63) is 52.2 Å². The summed E-state index contributed by atoms with van der Waals surface area (Å²) in [5.74, 6) is 1.15. The third-order valence-electron chi connectivity index (χ3n) is 3.12. The van der Waals surface area contributed by atoms with Crippen LogP contribution < -0.4 is 5.32 Å². The summed E-state index contributed by atoms with van der Waals surface area (Å²) >= 11 is 3.78. The molecule has 0 bridgehead atoms. The number of rotatable bonds is 3. The Morgan fingerprint density at radius 1 is 1.24 bits per heavy atom. The van der Waals surface area contributed by atoms with E-state index in [0.717, 1.165) is 5.75 Å². The van der Waals surface area contributed by atoms with Gasteiger partial charge in [0.1, 0.15) is 0 Å². The number of benzene rings is 1. The fourth-order valence-corrected chi connectivity index (χ4v) is 4.14. The fraction of sp³-hybridized carbons (Fsp3) is 0.286. The Balaban J connectivity index is 1.75. The number of hydrogen-bond acceptors (Lipinski definition) is 3. The average molecular weight is 261 g/mol. The molecule has 0 spiro atoms. The highest BCUT2D eigenvalue weighted by molar-refractivity contribution is 7.99. The van der Waals surface area contributed by atoms with Gasteiger partial charge in [-0.1, -0.05) is 24.3 Å². The molecule has 2 atom stereocenters. The van der Waals surface area contributed by atoms with Gasteiger partial charge in [0.2, 0.25) is 0 Å². The van der Waals surface area contributed by atoms with E-state index in [2.05, 4.69) is 54.0 Å². The molecule has 17 heavy (non-hydrogen) atoms. The van der Waals surface area contributed by atoms with Gasteiger partial charge in [-0.25, -0.2) is 0 Å². The molecule has 88 valence electrons. The summed E-state index contributed by atoms with van der Waals surface area (Å²) in [7, 11) is 0. The van der Waals surface area contributed by atoms with E-state index in [1.54, 1.807) is 0 Å². The van der Waals surface area contributed by atoms with E-state index in [1.165, 1.54) is 15.3 Å². The predicted molar refractivity (Wildman–Crippen MR) is 75.8 cm³/mol. The highest BCUT2D eigenvalue weighted by Crippen LogP contribution is 2.39. The summed E-state index contributed by atoms with van der Waals surface area (Å²) in [6, 6.07) is 14.0. The molecule has 0 saturated heterocycles. The molecule has 1 aromatic heterocycles. The van der Waals surface area contributed by atoms with Crippen LogP contribution in [-0.2, 0) is 0 Å². The van der Waals surface area contributed by atoms with Crippen LogP contribution >= 0.6 is 23.1 Å². The van der Waals surface area contributed by atoms with Crippen LogP contribution in [0.25, 0.3) is 0 Å². The number of thiophene rings is 1. The van der Waals surface area contributed by atoms with Crippen molar-refractivity contribution >= 4 is 23.1 Å². The highest BCUT2D eigenvalue weighted by Gasteiger charge is 2.24. The number of hydrogen-bond donors (Lipinski definition) is 1. The Hall–Kier alpha value is -0.770. The summed E-state index contributed by atoms with van der Waals surface area (Å²) in [6.07, 6.45) is 0. The molecule has 1 aliphatic heterocycles. The van der Waals surface area contributed by atoms with E-state index in [1.807, 2.05) is 23.1 Å². The monoisotopic (exact) mass is 261 g/mol. The van der Waals surface area contributed by atoms with E-state index >= 15 is 0 Å². The van der Waals surface area contributed by atoms with Crippen molar-refractivity contribution < 1.29 is 0 Å². The largest absolute Gasteiger partial charge is 0.302 e. The molecule has 1 nitrogen and oxygen atoms in total. The number of fused-ring (bicyclic) bond motifs is 1.